The maximum absolute atomic E-state index is 11.9. The molecule has 0 unspecified atom stereocenters. The van der Waals surface area contributed by atoms with Crippen LogP contribution in [0.4, 0.5) is 11.4 Å². The van der Waals surface area contributed by atoms with E-state index in [9.17, 15) is 9.59 Å². The van der Waals surface area contributed by atoms with Gasteiger partial charge in [-0.2, -0.15) is 0 Å². The minimum absolute atomic E-state index is 0.0289. The molecule has 0 aliphatic heterocycles. The Morgan fingerprint density at radius 2 is 0.893 bits per heavy atom. The molecule has 0 bridgehead atoms. The van der Waals surface area contributed by atoms with Crippen LogP contribution >= 0.6 is 23.2 Å². The average molecular weight is 421 g/mol. The average Bonchev–Trinajstić information content (AvgIpc) is 2.67. The van der Waals surface area contributed by atoms with Gasteiger partial charge in [0.2, 0.25) is 11.8 Å². The smallest absolute Gasteiger partial charge is 0.224 e. The lowest BCUT2D eigenvalue weighted by molar-refractivity contribution is -0.117. The van der Waals surface area contributed by atoms with E-state index in [2.05, 4.69) is 10.6 Å². The zero-order valence-corrected chi connectivity index (χ0v) is 17.4. The summed E-state index contributed by atoms with van der Waals surface area (Å²) in [5.41, 5.74) is 1.54. The largest absolute Gasteiger partial charge is 0.326 e. The maximum Gasteiger partial charge on any atom is 0.224 e. The standard InChI is InChI=1S/C22H26Cl2N2O2/c23-17-9-13-19(14-10-17)25-21(27)7-5-3-1-2-4-6-8-22(28)26-20-15-11-18(24)12-16-20/h9-16H,1-8H2,(H,25,27)(H,26,28). The summed E-state index contributed by atoms with van der Waals surface area (Å²) in [5.74, 6) is 0.0578. The van der Waals surface area contributed by atoms with Gasteiger partial charge in [-0.1, -0.05) is 48.9 Å². The highest BCUT2D eigenvalue weighted by Crippen LogP contribution is 2.16. The minimum atomic E-state index is 0.0289. The first-order valence-electron chi connectivity index (χ1n) is 9.64. The number of hydrogen-bond donors (Lipinski definition) is 2. The molecular weight excluding hydrogens is 395 g/mol. The number of amides is 2. The van der Waals surface area contributed by atoms with Crippen LogP contribution in [-0.2, 0) is 9.59 Å². The molecule has 2 aromatic rings. The fourth-order valence-electron chi connectivity index (χ4n) is 2.79. The van der Waals surface area contributed by atoms with Crippen LogP contribution in [0.1, 0.15) is 51.4 Å². The maximum atomic E-state index is 11.9. The monoisotopic (exact) mass is 420 g/mol. The molecule has 0 spiro atoms. The SMILES string of the molecule is O=C(CCCCCCCCC(=O)Nc1ccc(Cl)cc1)Nc1ccc(Cl)cc1. The van der Waals surface area contributed by atoms with E-state index in [0.29, 0.717) is 22.9 Å². The van der Waals surface area contributed by atoms with Crippen LogP contribution < -0.4 is 10.6 Å². The number of anilines is 2. The first-order valence-corrected chi connectivity index (χ1v) is 10.4. The zero-order chi connectivity index (χ0) is 20.2. The fourth-order valence-corrected chi connectivity index (χ4v) is 3.04. The molecule has 0 radical (unpaired) electrons. The number of benzene rings is 2. The van der Waals surface area contributed by atoms with Gasteiger partial charge in [0.25, 0.3) is 0 Å². The summed E-state index contributed by atoms with van der Waals surface area (Å²) >= 11 is 11.6. The Kier molecular flexibility index (Phi) is 9.87. The van der Waals surface area contributed by atoms with E-state index in [0.717, 1.165) is 49.9 Å². The molecule has 4 nitrogen and oxygen atoms in total. The van der Waals surface area contributed by atoms with Gasteiger partial charge >= 0.3 is 0 Å². The van der Waals surface area contributed by atoms with Crippen molar-refractivity contribution in [3.8, 4) is 0 Å². The van der Waals surface area contributed by atoms with Crippen molar-refractivity contribution in [1.29, 1.82) is 0 Å². The summed E-state index contributed by atoms with van der Waals surface area (Å²) in [6.07, 6.45) is 6.97. The summed E-state index contributed by atoms with van der Waals surface area (Å²) < 4.78 is 0. The Hall–Kier alpha value is -2.04. The zero-order valence-electron chi connectivity index (χ0n) is 15.8. The highest BCUT2D eigenvalue weighted by Gasteiger charge is 2.04. The van der Waals surface area contributed by atoms with Crippen molar-refractivity contribution in [3.05, 3.63) is 58.6 Å². The Morgan fingerprint density at radius 3 is 1.25 bits per heavy atom. The number of rotatable bonds is 11. The highest BCUT2D eigenvalue weighted by atomic mass is 35.5. The highest BCUT2D eigenvalue weighted by molar-refractivity contribution is 6.30. The van der Waals surface area contributed by atoms with Gasteiger partial charge in [-0.05, 0) is 61.4 Å². The second kappa shape index (κ2) is 12.4. The van der Waals surface area contributed by atoms with Crippen LogP contribution in [0, 0.1) is 0 Å². The predicted molar refractivity (Wildman–Crippen MR) is 117 cm³/mol. The van der Waals surface area contributed by atoms with E-state index in [4.69, 9.17) is 23.2 Å². The lowest BCUT2D eigenvalue weighted by atomic mass is 10.1. The van der Waals surface area contributed by atoms with Crippen LogP contribution in [0.3, 0.4) is 0 Å². The number of hydrogen-bond acceptors (Lipinski definition) is 2. The Balaban J connectivity index is 1.45. The Labute approximate surface area is 176 Å². The summed E-state index contributed by atoms with van der Waals surface area (Å²) in [6.45, 7) is 0. The van der Waals surface area contributed by atoms with Crippen LogP contribution in [0.2, 0.25) is 10.0 Å². The molecule has 0 aliphatic carbocycles. The third-order valence-corrected chi connectivity index (χ3v) is 4.82. The van der Waals surface area contributed by atoms with Crippen LogP contribution in [0.15, 0.2) is 48.5 Å². The lowest BCUT2D eigenvalue weighted by Gasteiger charge is -2.06. The molecule has 2 rings (SSSR count). The van der Waals surface area contributed by atoms with E-state index >= 15 is 0 Å². The number of carbonyl (C=O) groups is 2. The van der Waals surface area contributed by atoms with Gasteiger partial charge < -0.3 is 10.6 Å². The van der Waals surface area contributed by atoms with E-state index in [1.165, 1.54) is 0 Å². The van der Waals surface area contributed by atoms with Crippen LogP contribution in [0.25, 0.3) is 0 Å². The second-order valence-corrected chi connectivity index (χ2v) is 7.60. The van der Waals surface area contributed by atoms with E-state index in [1.54, 1.807) is 48.5 Å². The van der Waals surface area contributed by atoms with Crippen molar-refractivity contribution >= 4 is 46.4 Å². The number of nitrogens with one attached hydrogen (secondary N) is 2. The normalized spacial score (nSPS) is 10.5. The number of carbonyl (C=O) groups excluding carboxylic acids is 2. The van der Waals surface area contributed by atoms with Crippen molar-refractivity contribution in [2.75, 3.05) is 10.6 Å². The third kappa shape index (κ3) is 9.25. The molecule has 0 saturated heterocycles. The van der Waals surface area contributed by atoms with Gasteiger partial charge in [0, 0.05) is 34.3 Å². The third-order valence-electron chi connectivity index (χ3n) is 4.31. The molecule has 2 N–H and O–H groups in total. The van der Waals surface area contributed by atoms with E-state index in [-0.39, 0.29) is 11.8 Å². The summed E-state index contributed by atoms with van der Waals surface area (Å²) in [5, 5.41) is 7.04. The predicted octanol–water partition coefficient (Wildman–Crippen LogP) is 6.69. The first kappa shape index (κ1) is 22.3. The summed E-state index contributed by atoms with van der Waals surface area (Å²) in [4.78, 5) is 23.8. The van der Waals surface area contributed by atoms with Crippen LogP contribution in [0.5, 0.6) is 0 Å². The minimum Gasteiger partial charge on any atom is -0.326 e. The number of unbranched alkanes of at least 4 members (excludes halogenated alkanes) is 5. The second-order valence-electron chi connectivity index (χ2n) is 6.73. The molecule has 0 aromatic heterocycles. The van der Waals surface area contributed by atoms with E-state index in [1.807, 2.05) is 0 Å². The van der Waals surface area contributed by atoms with Gasteiger partial charge in [-0.25, -0.2) is 0 Å². The van der Waals surface area contributed by atoms with Crippen molar-refractivity contribution < 1.29 is 9.59 Å². The topological polar surface area (TPSA) is 58.2 Å². The molecule has 0 fully saturated rings. The summed E-state index contributed by atoms with van der Waals surface area (Å²) in [7, 11) is 0. The Morgan fingerprint density at radius 1 is 0.571 bits per heavy atom. The molecule has 0 atom stereocenters. The summed E-state index contributed by atoms with van der Waals surface area (Å²) in [6, 6.07) is 14.2. The molecular formula is C22H26Cl2N2O2. The van der Waals surface area contributed by atoms with Gasteiger partial charge in [0.1, 0.15) is 0 Å². The molecule has 0 saturated carbocycles. The molecule has 2 aromatic carbocycles. The fraction of sp³-hybridized carbons (Fsp3) is 0.364. The van der Waals surface area contributed by atoms with Gasteiger partial charge in [0.05, 0.1) is 0 Å². The van der Waals surface area contributed by atoms with Gasteiger partial charge in [0.15, 0.2) is 0 Å². The molecule has 150 valence electrons. The molecule has 28 heavy (non-hydrogen) atoms. The van der Waals surface area contributed by atoms with Gasteiger partial charge in [-0.3, -0.25) is 9.59 Å². The molecule has 0 aliphatic rings. The quantitative estimate of drug-likeness (QED) is 0.397. The number of halogens is 2. The lowest BCUT2D eigenvalue weighted by Crippen LogP contribution is -2.11. The van der Waals surface area contributed by atoms with Crippen LogP contribution in [-0.4, -0.2) is 11.8 Å². The first-order chi connectivity index (χ1) is 13.5. The molecule has 2 amide bonds. The molecule has 6 heteroatoms. The van der Waals surface area contributed by atoms with Gasteiger partial charge in [-0.15, -0.1) is 0 Å². The van der Waals surface area contributed by atoms with Crippen molar-refractivity contribution in [2.24, 2.45) is 0 Å². The van der Waals surface area contributed by atoms with Crippen molar-refractivity contribution in [3.63, 3.8) is 0 Å². The van der Waals surface area contributed by atoms with E-state index < -0.39 is 0 Å². The molecule has 0 heterocycles. The van der Waals surface area contributed by atoms with Crippen molar-refractivity contribution in [2.45, 2.75) is 51.4 Å². The Bertz CT molecular complexity index is 681. The van der Waals surface area contributed by atoms with Crippen molar-refractivity contribution in [1.82, 2.24) is 0 Å².